The molecule has 0 saturated heterocycles. The summed E-state index contributed by atoms with van der Waals surface area (Å²) < 4.78 is 5.36. The second-order valence-electron chi connectivity index (χ2n) is 6.11. The van der Waals surface area contributed by atoms with Gasteiger partial charge in [0.25, 0.3) is 5.91 Å². The normalized spacial score (nSPS) is 11.9. The first-order chi connectivity index (χ1) is 12.1. The maximum atomic E-state index is 12.7. The molecule has 5 heteroatoms. The van der Waals surface area contributed by atoms with Crippen molar-refractivity contribution in [3.8, 4) is 11.3 Å². The first-order valence-electron chi connectivity index (χ1n) is 8.36. The molecule has 25 heavy (non-hydrogen) atoms. The third-order valence-corrected chi connectivity index (χ3v) is 4.10. The van der Waals surface area contributed by atoms with Gasteiger partial charge in [-0.2, -0.15) is 0 Å². The molecule has 2 heterocycles. The summed E-state index contributed by atoms with van der Waals surface area (Å²) in [6, 6.07) is 13.9. The van der Waals surface area contributed by atoms with Crippen molar-refractivity contribution in [3.05, 3.63) is 71.7 Å². The Balaban J connectivity index is 1.68. The van der Waals surface area contributed by atoms with Gasteiger partial charge >= 0.3 is 0 Å². The molecule has 3 rings (SSSR count). The van der Waals surface area contributed by atoms with Crippen molar-refractivity contribution < 1.29 is 9.32 Å². The number of rotatable bonds is 6. The first kappa shape index (κ1) is 16.9. The highest BCUT2D eigenvalue weighted by atomic mass is 16.5. The summed E-state index contributed by atoms with van der Waals surface area (Å²) in [7, 11) is 0. The molecule has 2 aromatic heterocycles. The summed E-state index contributed by atoms with van der Waals surface area (Å²) in [4.78, 5) is 16.8. The van der Waals surface area contributed by atoms with E-state index < -0.39 is 0 Å². The molecule has 1 aromatic carbocycles. The van der Waals surface area contributed by atoms with Gasteiger partial charge < -0.3 is 9.84 Å². The number of pyridine rings is 1. The van der Waals surface area contributed by atoms with Crippen molar-refractivity contribution in [2.45, 2.75) is 32.7 Å². The molecule has 0 unspecified atom stereocenters. The molecule has 0 aliphatic heterocycles. The zero-order chi connectivity index (χ0) is 17.6. The number of hydrogen-bond acceptors (Lipinski definition) is 4. The molecule has 0 spiro atoms. The quantitative estimate of drug-likeness (QED) is 0.744. The van der Waals surface area contributed by atoms with Crippen LogP contribution in [0.2, 0.25) is 0 Å². The molecule has 1 amide bonds. The van der Waals surface area contributed by atoms with Gasteiger partial charge in [-0.1, -0.05) is 35.5 Å². The number of benzene rings is 1. The second kappa shape index (κ2) is 7.75. The Labute approximate surface area is 147 Å². The van der Waals surface area contributed by atoms with E-state index in [1.807, 2.05) is 31.2 Å². The Morgan fingerprint density at radius 3 is 2.72 bits per heavy atom. The highest BCUT2D eigenvalue weighted by Gasteiger charge is 2.22. The molecule has 0 saturated carbocycles. The minimum Gasteiger partial charge on any atom is -0.355 e. The van der Waals surface area contributed by atoms with E-state index in [2.05, 4.69) is 27.6 Å². The number of aryl methyl sites for hydroxylation is 2. The molecular formula is C20H21N3O2. The molecule has 0 aliphatic carbocycles. The number of amides is 1. The Morgan fingerprint density at radius 1 is 1.20 bits per heavy atom. The maximum Gasteiger partial charge on any atom is 0.257 e. The van der Waals surface area contributed by atoms with Crippen LogP contribution in [0.4, 0.5) is 0 Å². The van der Waals surface area contributed by atoms with Crippen LogP contribution >= 0.6 is 0 Å². The van der Waals surface area contributed by atoms with Crippen LogP contribution in [-0.4, -0.2) is 22.1 Å². The van der Waals surface area contributed by atoms with Gasteiger partial charge in [0, 0.05) is 24.0 Å². The number of hydrogen-bond donors (Lipinski definition) is 1. The predicted molar refractivity (Wildman–Crippen MR) is 96.2 cm³/mol. The summed E-state index contributed by atoms with van der Waals surface area (Å²) in [6.07, 6.45) is 5.12. The van der Waals surface area contributed by atoms with E-state index in [1.54, 1.807) is 25.4 Å². The van der Waals surface area contributed by atoms with Crippen LogP contribution in [0.1, 0.15) is 35.0 Å². The Bertz CT molecular complexity index is 829. The van der Waals surface area contributed by atoms with Crippen molar-refractivity contribution >= 4 is 5.91 Å². The average Bonchev–Trinajstić information content (AvgIpc) is 3.03. The average molecular weight is 335 g/mol. The van der Waals surface area contributed by atoms with E-state index in [0.29, 0.717) is 17.0 Å². The molecule has 0 fully saturated rings. The van der Waals surface area contributed by atoms with Crippen LogP contribution in [0.5, 0.6) is 0 Å². The molecule has 1 atom stereocenters. The van der Waals surface area contributed by atoms with Gasteiger partial charge in [-0.05, 0) is 44.4 Å². The predicted octanol–water partition coefficient (Wildman–Crippen LogP) is 3.80. The summed E-state index contributed by atoms with van der Waals surface area (Å²) in [6.45, 7) is 3.78. The highest BCUT2D eigenvalue weighted by molar-refractivity contribution is 6.00. The van der Waals surface area contributed by atoms with Crippen molar-refractivity contribution in [1.29, 1.82) is 0 Å². The lowest BCUT2D eigenvalue weighted by atomic mass is 10.0. The minimum absolute atomic E-state index is 0.0451. The minimum atomic E-state index is -0.168. The number of carbonyl (C=O) groups is 1. The fourth-order valence-corrected chi connectivity index (χ4v) is 2.73. The fourth-order valence-electron chi connectivity index (χ4n) is 2.73. The maximum absolute atomic E-state index is 12.7. The van der Waals surface area contributed by atoms with Gasteiger partial charge in [-0.15, -0.1) is 0 Å². The van der Waals surface area contributed by atoms with Gasteiger partial charge in [-0.25, -0.2) is 0 Å². The van der Waals surface area contributed by atoms with E-state index in [1.165, 1.54) is 5.56 Å². The Hall–Kier alpha value is -2.95. The van der Waals surface area contributed by atoms with Crippen molar-refractivity contribution in [2.24, 2.45) is 0 Å². The molecule has 1 N–H and O–H groups in total. The number of aromatic nitrogens is 2. The van der Waals surface area contributed by atoms with E-state index in [9.17, 15) is 4.79 Å². The third kappa shape index (κ3) is 4.12. The van der Waals surface area contributed by atoms with Crippen molar-refractivity contribution in [3.63, 3.8) is 0 Å². The smallest absolute Gasteiger partial charge is 0.257 e. The molecule has 3 aromatic rings. The lowest BCUT2D eigenvalue weighted by molar-refractivity contribution is 0.0938. The lowest BCUT2D eigenvalue weighted by Gasteiger charge is -2.14. The lowest BCUT2D eigenvalue weighted by Crippen LogP contribution is -2.33. The van der Waals surface area contributed by atoms with Crippen molar-refractivity contribution in [2.75, 3.05) is 0 Å². The van der Waals surface area contributed by atoms with Gasteiger partial charge in [-0.3, -0.25) is 9.78 Å². The van der Waals surface area contributed by atoms with Crippen LogP contribution in [0.15, 0.2) is 59.4 Å². The molecule has 5 nitrogen and oxygen atoms in total. The van der Waals surface area contributed by atoms with Crippen LogP contribution < -0.4 is 5.32 Å². The second-order valence-corrected chi connectivity index (χ2v) is 6.11. The zero-order valence-corrected chi connectivity index (χ0v) is 14.4. The van der Waals surface area contributed by atoms with E-state index >= 15 is 0 Å². The van der Waals surface area contributed by atoms with E-state index in [4.69, 9.17) is 4.52 Å². The molecular weight excluding hydrogens is 314 g/mol. The monoisotopic (exact) mass is 335 g/mol. The van der Waals surface area contributed by atoms with Gasteiger partial charge in [0.2, 0.25) is 0 Å². The fraction of sp³-hybridized carbons (Fsp3) is 0.250. The van der Waals surface area contributed by atoms with E-state index in [0.717, 1.165) is 18.4 Å². The summed E-state index contributed by atoms with van der Waals surface area (Å²) in [5.41, 5.74) is 3.05. The largest absolute Gasteiger partial charge is 0.355 e. The third-order valence-electron chi connectivity index (χ3n) is 4.10. The van der Waals surface area contributed by atoms with Crippen LogP contribution in [0.25, 0.3) is 11.3 Å². The SMILES string of the molecule is Cc1noc(-c2cccnc2)c1C(=O)N[C@H](C)CCc1ccccc1. The topological polar surface area (TPSA) is 68.0 Å². The standard InChI is InChI=1S/C20H21N3O2/c1-14(10-11-16-7-4-3-5-8-16)22-20(24)18-15(2)23-25-19(18)17-9-6-12-21-13-17/h3-9,12-14H,10-11H2,1-2H3,(H,22,24)/t14-/m1/s1. The number of nitrogens with zero attached hydrogens (tertiary/aromatic N) is 2. The van der Waals surface area contributed by atoms with Gasteiger partial charge in [0.05, 0.1) is 5.69 Å². The van der Waals surface area contributed by atoms with Crippen LogP contribution in [0, 0.1) is 6.92 Å². The van der Waals surface area contributed by atoms with Gasteiger partial charge in [0.15, 0.2) is 5.76 Å². The zero-order valence-electron chi connectivity index (χ0n) is 14.4. The number of carbonyl (C=O) groups excluding carboxylic acids is 1. The molecule has 128 valence electrons. The molecule has 0 radical (unpaired) electrons. The number of nitrogens with one attached hydrogen (secondary N) is 1. The Morgan fingerprint density at radius 2 is 2.00 bits per heavy atom. The van der Waals surface area contributed by atoms with E-state index in [-0.39, 0.29) is 11.9 Å². The Kier molecular flexibility index (Phi) is 5.23. The van der Waals surface area contributed by atoms with Crippen molar-refractivity contribution in [1.82, 2.24) is 15.5 Å². The van der Waals surface area contributed by atoms with Gasteiger partial charge in [0.1, 0.15) is 5.56 Å². The molecule has 0 bridgehead atoms. The summed E-state index contributed by atoms with van der Waals surface area (Å²) >= 11 is 0. The summed E-state index contributed by atoms with van der Waals surface area (Å²) in [5.74, 6) is 0.288. The molecule has 0 aliphatic rings. The summed E-state index contributed by atoms with van der Waals surface area (Å²) in [5, 5.41) is 7.00. The first-order valence-corrected chi connectivity index (χ1v) is 8.36. The van der Waals surface area contributed by atoms with Crippen LogP contribution in [-0.2, 0) is 6.42 Å². The highest BCUT2D eigenvalue weighted by Crippen LogP contribution is 2.25. The van der Waals surface area contributed by atoms with Crippen LogP contribution in [0.3, 0.4) is 0 Å².